The lowest BCUT2D eigenvalue weighted by Crippen LogP contribution is -2.34. The van der Waals surface area contributed by atoms with Crippen LogP contribution in [0.15, 0.2) is 22.7 Å². The smallest absolute Gasteiger partial charge is 0.124 e. The van der Waals surface area contributed by atoms with Crippen molar-refractivity contribution < 1.29 is 9.47 Å². The van der Waals surface area contributed by atoms with Gasteiger partial charge in [-0.15, -0.1) is 12.4 Å². The monoisotopic (exact) mass is 307 g/mol. The van der Waals surface area contributed by atoms with Crippen molar-refractivity contribution in [3.05, 3.63) is 28.2 Å². The minimum atomic E-state index is 0. The van der Waals surface area contributed by atoms with E-state index in [2.05, 4.69) is 27.3 Å². The van der Waals surface area contributed by atoms with E-state index in [0.29, 0.717) is 6.61 Å². The summed E-state index contributed by atoms with van der Waals surface area (Å²) in [5, 5.41) is 3.41. The number of hydrogen-bond donors (Lipinski definition) is 1. The maximum absolute atomic E-state index is 5.44. The first-order valence-electron chi connectivity index (χ1n) is 4.96. The molecule has 0 unspecified atom stereocenters. The highest BCUT2D eigenvalue weighted by molar-refractivity contribution is 9.10. The van der Waals surface area contributed by atoms with Gasteiger partial charge < -0.3 is 14.8 Å². The molecule has 16 heavy (non-hydrogen) atoms. The zero-order valence-corrected chi connectivity index (χ0v) is 11.4. The van der Waals surface area contributed by atoms with Gasteiger partial charge in [0.25, 0.3) is 0 Å². The van der Waals surface area contributed by atoms with E-state index in [4.69, 9.17) is 9.47 Å². The van der Waals surface area contributed by atoms with E-state index in [1.165, 1.54) is 0 Å². The molecule has 3 nitrogen and oxygen atoms in total. The van der Waals surface area contributed by atoms with Crippen molar-refractivity contribution in [2.45, 2.75) is 6.04 Å². The molecule has 0 spiro atoms. The highest BCUT2D eigenvalue weighted by Crippen LogP contribution is 2.29. The molecule has 0 aliphatic carbocycles. The summed E-state index contributed by atoms with van der Waals surface area (Å²) in [6.45, 7) is 2.39. The molecule has 1 aliphatic heterocycles. The molecule has 1 aromatic carbocycles. The van der Waals surface area contributed by atoms with Crippen LogP contribution in [-0.4, -0.2) is 26.9 Å². The van der Waals surface area contributed by atoms with E-state index < -0.39 is 0 Å². The summed E-state index contributed by atoms with van der Waals surface area (Å²) in [5.74, 6) is 0.896. The molecule has 2 rings (SSSR count). The SMILES string of the molecule is COc1cc(Br)ccc1[C@H]1COCCN1.Cl. The second-order valence-electron chi connectivity index (χ2n) is 3.47. The number of morpholine rings is 1. The van der Waals surface area contributed by atoms with Gasteiger partial charge in [-0.25, -0.2) is 0 Å². The van der Waals surface area contributed by atoms with Gasteiger partial charge >= 0.3 is 0 Å². The Bertz CT molecular complexity index is 343. The summed E-state index contributed by atoms with van der Waals surface area (Å²) in [4.78, 5) is 0. The summed E-state index contributed by atoms with van der Waals surface area (Å²) < 4.78 is 11.8. The van der Waals surface area contributed by atoms with Crippen LogP contribution in [0.25, 0.3) is 0 Å². The van der Waals surface area contributed by atoms with Gasteiger partial charge in [0.05, 0.1) is 26.4 Å². The second-order valence-corrected chi connectivity index (χ2v) is 4.38. The van der Waals surface area contributed by atoms with E-state index in [1.807, 2.05) is 12.1 Å². The molecule has 1 N–H and O–H groups in total. The maximum Gasteiger partial charge on any atom is 0.124 e. The molecule has 1 atom stereocenters. The zero-order chi connectivity index (χ0) is 10.7. The minimum absolute atomic E-state index is 0. The molecule has 90 valence electrons. The quantitative estimate of drug-likeness (QED) is 0.911. The topological polar surface area (TPSA) is 30.5 Å². The predicted octanol–water partition coefficient (Wildman–Crippen LogP) is 2.54. The standard InChI is InChI=1S/C11H14BrNO2.ClH/c1-14-11-6-8(12)2-3-9(11)10-7-15-5-4-13-10;/h2-3,6,10,13H,4-5,7H2,1H3;1H/t10-;/m1./s1. The first-order chi connectivity index (χ1) is 7.31. The second kappa shape index (κ2) is 6.45. The molecule has 0 bridgehead atoms. The maximum atomic E-state index is 5.44. The van der Waals surface area contributed by atoms with Crippen molar-refractivity contribution >= 4 is 28.3 Å². The molecule has 1 heterocycles. The van der Waals surface area contributed by atoms with Crippen LogP contribution in [0, 0.1) is 0 Å². The van der Waals surface area contributed by atoms with Gasteiger partial charge in [-0.3, -0.25) is 0 Å². The molecule has 1 saturated heterocycles. The number of halogens is 2. The molecular weight excluding hydrogens is 293 g/mol. The van der Waals surface area contributed by atoms with E-state index in [1.54, 1.807) is 7.11 Å². The Hall–Kier alpha value is -0.290. The van der Waals surface area contributed by atoms with Crippen molar-refractivity contribution in [1.29, 1.82) is 0 Å². The lowest BCUT2D eigenvalue weighted by Gasteiger charge is -2.25. The fourth-order valence-electron chi connectivity index (χ4n) is 1.74. The first kappa shape index (κ1) is 13.8. The number of benzene rings is 1. The summed E-state index contributed by atoms with van der Waals surface area (Å²) in [7, 11) is 1.69. The van der Waals surface area contributed by atoms with Gasteiger partial charge in [0.1, 0.15) is 5.75 Å². The summed E-state index contributed by atoms with van der Waals surface area (Å²) in [6.07, 6.45) is 0. The molecule has 1 aliphatic rings. The number of methoxy groups -OCH3 is 1. The van der Waals surface area contributed by atoms with E-state index in [0.717, 1.165) is 28.9 Å². The van der Waals surface area contributed by atoms with Crippen molar-refractivity contribution in [3.63, 3.8) is 0 Å². The third-order valence-corrected chi connectivity index (χ3v) is 2.99. The Labute approximate surface area is 110 Å². The zero-order valence-electron chi connectivity index (χ0n) is 9.03. The molecule has 1 aromatic rings. The summed E-state index contributed by atoms with van der Waals surface area (Å²) >= 11 is 3.43. The van der Waals surface area contributed by atoms with Crippen molar-refractivity contribution in [1.82, 2.24) is 5.32 Å². The number of nitrogens with one attached hydrogen (secondary N) is 1. The highest BCUT2D eigenvalue weighted by atomic mass is 79.9. The average Bonchev–Trinajstić information content (AvgIpc) is 2.30. The largest absolute Gasteiger partial charge is 0.496 e. The molecule has 5 heteroatoms. The number of rotatable bonds is 2. The third kappa shape index (κ3) is 3.10. The van der Waals surface area contributed by atoms with Gasteiger partial charge in [-0.05, 0) is 12.1 Å². The molecule has 1 fully saturated rings. The third-order valence-electron chi connectivity index (χ3n) is 2.49. The van der Waals surface area contributed by atoms with Gasteiger partial charge in [-0.2, -0.15) is 0 Å². The number of ether oxygens (including phenoxy) is 2. The minimum Gasteiger partial charge on any atom is -0.496 e. The normalized spacial score (nSPS) is 20.0. The first-order valence-corrected chi connectivity index (χ1v) is 5.75. The Morgan fingerprint density at radius 1 is 1.50 bits per heavy atom. The van der Waals surface area contributed by atoms with Crippen molar-refractivity contribution in [3.8, 4) is 5.75 Å². The molecular formula is C11H15BrClNO2. The van der Waals surface area contributed by atoms with Crippen LogP contribution >= 0.6 is 28.3 Å². The highest BCUT2D eigenvalue weighted by Gasteiger charge is 2.18. The molecule has 0 saturated carbocycles. The van der Waals surface area contributed by atoms with Gasteiger partial charge in [0.2, 0.25) is 0 Å². The van der Waals surface area contributed by atoms with Crippen LogP contribution in [0.5, 0.6) is 5.75 Å². The Balaban J connectivity index is 0.00000128. The molecule has 0 aromatic heterocycles. The molecule has 0 amide bonds. The fraction of sp³-hybridized carbons (Fsp3) is 0.455. The summed E-state index contributed by atoms with van der Waals surface area (Å²) in [6, 6.07) is 6.30. The Morgan fingerprint density at radius 3 is 2.94 bits per heavy atom. The lowest BCUT2D eigenvalue weighted by atomic mass is 10.1. The predicted molar refractivity (Wildman–Crippen MR) is 69.5 cm³/mol. The van der Waals surface area contributed by atoms with Gasteiger partial charge in [-0.1, -0.05) is 22.0 Å². The summed E-state index contributed by atoms with van der Waals surface area (Å²) in [5.41, 5.74) is 1.15. The Morgan fingerprint density at radius 2 is 2.31 bits per heavy atom. The van der Waals surface area contributed by atoms with Crippen LogP contribution in [-0.2, 0) is 4.74 Å². The lowest BCUT2D eigenvalue weighted by molar-refractivity contribution is 0.0760. The number of hydrogen-bond acceptors (Lipinski definition) is 3. The van der Waals surface area contributed by atoms with Crippen LogP contribution in [0.3, 0.4) is 0 Å². The van der Waals surface area contributed by atoms with Crippen LogP contribution in [0.1, 0.15) is 11.6 Å². The Kier molecular flexibility index (Phi) is 5.55. The van der Waals surface area contributed by atoms with Crippen molar-refractivity contribution in [2.75, 3.05) is 26.9 Å². The fourth-order valence-corrected chi connectivity index (χ4v) is 2.08. The van der Waals surface area contributed by atoms with Crippen LogP contribution < -0.4 is 10.1 Å². The van der Waals surface area contributed by atoms with Crippen LogP contribution in [0.4, 0.5) is 0 Å². The van der Waals surface area contributed by atoms with E-state index in [-0.39, 0.29) is 18.4 Å². The van der Waals surface area contributed by atoms with Gasteiger partial charge in [0, 0.05) is 16.6 Å². The van der Waals surface area contributed by atoms with E-state index in [9.17, 15) is 0 Å². The average molecular weight is 309 g/mol. The van der Waals surface area contributed by atoms with Crippen molar-refractivity contribution in [2.24, 2.45) is 0 Å². The van der Waals surface area contributed by atoms with E-state index >= 15 is 0 Å². The molecule has 0 radical (unpaired) electrons. The van der Waals surface area contributed by atoms with Gasteiger partial charge in [0.15, 0.2) is 0 Å². The van der Waals surface area contributed by atoms with Crippen LogP contribution in [0.2, 0.25) is 0 Å².